The first-order chi connectivity index (χ1) is 12.6. The van der Waals surface area contributed by atoms with Gasteiger partial charge in [0, 0.05) is 18.2 Å². The van der Waals surface area contributed by atoms with Crippen molar-refractivity contribution in [1.29, 1.82) is 0 Å². The molecule has 0 aliphatic heterocycles. The van der Waals surface area contributed by atoms with Gasteiger partial charge in [-0.2, -0.15) is 0 Å². The number of anilines is 2. The van der Waals surface area contributed by atoms with Crippen LogP contribution in [0.5, 0.6) is 11.5 Å². The summed E-state index contributed by atoms with van der Waals surface area (Å²) in [6.45, 7) is 1.76. The summed E-state index contributed by atoms with van der Waals surface area (Å²) in [5.41, 5.74) is 1.06. The highest BCUT2D eigenvalue weighted by molar-refractivity contribution is 5.93. The van der Waals surface area contributed by atoms with Crippen LogP contribution in [0.25, 0.3) is 0 Å². The number of aryl methyl sites for hydroxylation is 1. The predicted molar refractivity (Wildman–Crippen MR) is 99.3 cm³/mol. The third-order valence-electron chi connectivity index (χ3n) is 4.43. The fraction of sp³-hybridized carbons (Fsp3) is 0.421. The fourth-order valence-corrected chi connectivity index (χ4v) is 3.13. The molecule has 2 aromatic rings. The van der Waals surface area contributed by atoms with Crippen molar-refractivity contribution in [3.05, 3.63) is 35.8 Å². The number of carbonyl (C=O) groups is 1. The van der Waals surface area contributed by atoms with Gasteiger partial charge in [0.25, 0.3) is 5.91 Å². The van der Waals surface area contributed by atoms with Crippen molar-refractivity contribution in [2.75, 3.05) is 19.5 Å². The zero-order valence-corrected chi connectivity index (χ0v) is 15.3. The smallest absolute Gasteiger partial charge is 0.270 e. The monoisotopic (exact) mass is 356 g/mol. The molecule has 1 heterocycles. The van der Waals surface area contributed by atoms with Gasteiger partial charge in [-0.15, -0.1) is 0 Å². The van der Waals surface area contributed by atoms with Crippen molar-refractivity contribution in [3.8, 4) is 11.5 Å². The van der Waals surface area contributed by atoms with Crippen LogP contribution in [-0.2, 0) is 0 Å². The van der Waals surface area contributed by atoms with Crippen LogP contribution in [-0.4, -0.2) is 36.1 Å². The quantitative estimate of drug-likeness (QED) is 0.827. The Labute approximate surface area is 153 Å². The second kappa shape index (κ2) is 8.03. The van der Waals surface area contributed by atoms with E-state index in [2.05, 4.69) is 20.6 Å². The second-order valence-electron chi connectivity index (χ2n) is 6.33. The number of rotatable bonds is 6. The topological polar surface area (TPSA) is 85.4 Å². The van der Waals surface area contributed by atoms with Crippen molar-refractivity contribution >= 4 is 17.4 Å². The molecule has 1 amide bonds. The van der Waals surface area contributed by atoms with E-state index in [0.717, 1.165) is 25.7 Å². The molecular formula is C19H24N4O3. The summed E-state index contributed by atoms with van der Waals surface area (Å²) < 4.78 is 10.6. The van der Waals surface area contributed by atoms with Gasteiger partial charge in [-0.3, -0.25) is 4.79 Å². The van der Waals surface area contributed by atoms with Crippen LogP contribution in [0, 0.1) is 6.92 Å². The molecule has 3 rings (SSSR count). The summed E-state index contributed by atoms with van der Waals surface area (Å²) in [5, 5.41) is 6.24. The maximum absolute atomic E-state index is 12.5. The van der Waals surface area contributed by atoms with Gasteiger partial charge in [-0.25, -0.2) is 9.97 Å². The normalized spacial score (nSPS) is 14.1. The molecule has 0 radical (unpaired) electrons. The zero-order valence-electron chi connectivity index (χ0n) is 15.3. The van der Waals surface area contributed by atoms with Crippen molar-refractivity contribution in [2.24, 2.45) is 0 Å². The highest BCUT2D eigenvalue weighted by Gasteiger charge is 2.19. The first kappa shape index (κ1) is 18.0. The van der Waals surface area contributed by atoms with Crippen molar-refractivity contribution < 1.29 is 14.3 Å². The maximum atomic E-state index is 12.5. The molecule has 1 saturated carbocycles. The third kappa shape index (κ3) is 4.22. The number of aromatic nitrogens is 2. The Kier molecular flexibility index (Phi) is 5.55. The Morgan fingerprint density at radius 3 is 2.58 bits per heavy atom. The summed E-state index contributed by atoms with van der Waals surface area (Å²) >= 11 is 0. The Hall–Kier alpha value is -2.83. The van der Waals surface area contributed by atoms with Gasteiger partial charge in [-0.1, -0.05) is 12.8 Å². The molecule has 1 aliphatic carbocycles. The molecule has 0 unspecified atom stereocenters. The van der Waals surface area contributed by atoms with Gasteiger partial charge < -0.3 is 20.1 Å². The van der Waals surface area contributed by atoms with E-state index in [9.17, 15) is 4.79 Å². The molecule has 0 bridgehead atoms. The number of hydrogen-bond acceptors (Lipinski definition) is 6. The van der Waals surface area contributed by atoms with Crippen LogP contribution in [0.3, 0.4) is 0 Å². The summed E-state index contributed by atoms with van der Waals surface area (Å²) in [6.07, 6.45) is 4.39. The molecule has 7 nitrogen and oxygen atoms in total. The highest BCUT2D eigenvalue weighted by Crippen LogP contribution is 2.31. The Balaban J connectivity index is 1.82. The predicted octanol–water partition coefficient (Wildman–Crippen LogP) is 3.22. The van der Waals surface area contributed by atoms with E-state index in [0.29, 0.717) is 34.5 Å². The van der Waals surface area contributed by atoms with Crippen LogP contribution in [0.2, 0.25) is 0 Å². The molecule has 1 fully saturated rings. The van der Waals surface area contributed by atoms with E-state index in [-0.39, 0.29) is 11.9 Å². The molecule has 1 aliphatic rings. The van der Waals surface area contributed by atoms with Crippen molar-refractivity contribution in [2.45, 2.75) is 38.6 Å². The summed E-state index contributed by atoms with van der Waals surface area (Å²) in [5.74, 6) is 2.23. The molecule has 0 spiro atoms. The molecular weight excluding hydrogens is 332 g/mol. The Bertz CT molecular complexity index is 788. The van der Waals surface area contributed by atoms with Gasteiger partial charge in [-0.05, 0) is 31.9 Å². The molecule has 138 valence electrons. The molecule has 1 aromatic carbocycles. The van der Waals surface area contributed by atoms with Gasteiger partial charge in [0.05, 0.1) is 19.9 Å². The lowest BCUT2D eigenvalue weighted by molar-refractivity contribution is 0.0932. The molecule has 26 heavy (non-hydrogen) atoms. The molecule has 0 atom stereocenters. The number of carbonyl (C=O) groups excluding carboxylic acids is 1. The molecule has 7 heteroatoms. The van der Waals surface area contributed by atoms with E-state index in [4.69, 9.17) is 9.47 Å². The summed E-state index contributed by atoms with van der Waals surface area (Å²) in [7, 11) is 3.20. The Morgan fingerprint density at radius 2 is 1.88 bits per heavy atom. The third-order valence-corrected chi connectivity index (χ3v) is 4.43. The average Bonchev–Trinajstić information content (AvgIpc) is 3.14. The van der Waals surface area contributed by atoms with E-state index < -0.39 is 0 Å². The lowest BCUT2D eigenvalue weighted by atomic mass is 10.2. The first-order valence-electron chi connectivity index (χ1n) is 8.74. The number of ether oxygens (including phenoxy) is 2. The minimum Gasteiger partial charge on any atom is -0.497 e. The minimum absolute atomic E-state index is 0.164. The summed E-state index contributed by atoms with van der Waals surface area (Å²) in [6, 6.07) is 7.33. The van der Waals surface area contributed by atoms with Crippen molar-refractivity contribution in [3.63, 3.8) is 0 Å². The fourth-order valence-electron chi connectivity index (χ4n) is 3.13. The number of hydrogen-bond donors (Lipinski definition) is 2. The number of nitrogens with zero attached hydrogens (tertiary/aromatic N) is 2. The van der Waals surface area contributed by atoms with Crippen molar-refractivity contribution in [1.82, 2.24) is 15.3 Å². The first-order valence-corrected chi connectivity index (χ1v) is 8.74. The lowest BCUT2D eigenvalue weighted by Gasteiger charge is -2.14. The van der Waals surface area contributed by atoms with Crippen LogP contribution in [0.1, 0.15) is 42.0 Å². The van der Waals surface area contributed by atoms with Gasteiger partial charge in [0.2, 0.25) is 0 Å². The standard InChI is InChI=1S/C19H24N4O3/c1-12-20-16(19(24)22-13-6-4-5-7-13)11-18(21-12)23-15-10-14(25-2)8-9-17(15)26-3/h8-11,13H,4-7H2,1-3H3,(H,22,24)(H,20,21,23). The van der Waals surface area contributed by atoms with Crippen LogP contribution in [0.4, 0.5) is 11.5 Å². The van der Waals surface area contributed by atoms with E-state index in [1.165, 1.54) is 0 Å². The Morgan fingerprint density at radius 1 is 1.12 bits per heavy atom. The second-order valence-corrected chi connectivity index (χ2v) is 6.33. The molecule has 0 saturated heterocycles. The number of nitrogens with one attached hydrogen (secondary N) is 2. The SMILES string of the molecule is COc1ccc(OC)c(Nc2cc(C(=O)NC3CCCC3)nc(C)n2)c1. The maximum Gasteiger partial charge on any atom is 0.270 e. The average molecular weight is 356 g/mol. The van der Waals surface area contributed by atoms with E-state index in [1.54, 1.807) is 27.2 Å². The largest absolute Gasteiger partial charge is 0.497 e. The van der Waals surface area contributed by atoms with Gasteiger partial charge in [0.15, 0.2) is 0 Å². The highest BCUT2D eigenvalue weighted by atomic mass is 16.5. The van der Waals surface area contributed by atoms with E-state index in [1.807, 2.05) is 18.2 Å². The van der Waals surface area contributed by atoms with Crippen LogP contribution in [0.15, 0.2) is 24.3 Å². The van der Waals surface area contributed by atoms with Gasteiger partial charge in [0.1, 0.15) is 28.8 Å². The van der Waals surface area contributed by atoms with Gasteiger partial charge >= 0.3 is 0 Å². The summed E-state index contributed by atoms with van der Waals surface area (Å²) in [4.78, 5) is 21.2. The number of methoxy groups -OCH3 is 2. The number of benzene rings is 1. The van der Waals surface area contributed by atoms with Crippen LogP contribution >= 0.6 is 0 Å². The minimum atomic E-state index is -0.164. The van der Waals surface area contributed by atoms with E-state index >= 15 is 0 Å². The van der Waals surface area contributed by atoms with Crippen LogP contribution < -0.4 is 20.1 Å². The molecule has 1 aromatic heterocycles. The lowest BCUT2D eigenvalue weighted by Crippen LogP contribution is -2.33. The number of amides is 1. The molecule has 2 N–H and O–H groups in total. The zero-order chi connectivity index (χ0) is 18.5.